The number of nitrogens with one attached hydrogen (secondary N) is 1. The van der Waals surface area contributed by atoms with Crippen molar-refractivity contribution >= 4 is 0 Å². The molecule has 2 fully saturated rings. The van der Waals surface area contributed by atoms with Crippen LogP contribution in [0.25, 0.3) is 0 Å². The van der Waals surface area contributed by atoms with E-state index in [1.54, 1.807) is 11.1 Å². The lowest BCUT2D eigenvalue weighted by Gasteiger charge is -2.41. The summed E-state index contributed by atoms with van der Waals surface area (Å²) in [6.45, 7) is 3.91. The Bertz CT molecular complexity index is 470. The van der Waals surface area contributed by atoms with Crippen LogP contribution in [-0.2, 0) is 12.8 Å². The second-order valence-corrected chi connectivity index (χ2v) is 7.24. The van der Waals surface area contributed by atoms with Crippen LogP contribution in [0.3, 0.4) is 0 Å². The van der Waals surface area contributed by atoms with Crippen LogP contribution < -0.4 is 5.32 Å². The first-order chi connectivity index (χ1) is 10.4. The molecule has 1 aliphatic carbocycles. The molecular formula is C19H28N2. The van der Waals surface area contributed by atoms with Crippen LogP contribution >= 0.6 is 0 Å². The molecule has 1 aromatic carbocycles. The molecule has 0 aromatic heterocycles. The van der Waals surface area contributed by atoms with Crippen molar-refractivity contribution < 1.29 is 0 Å². The van der Waals surface area contributed by atoms with Crippen molar-refractivity contribution in [3.63, 3.8) is 0 Å². The molecule has 0 radical (unpaired) electrons. The number of nitrogens with zero attached hydrogens (tertiary/aromatic N) is 1. The van der Waals surface area contributed by atoms with Gasteiger partial charge in [-0.1, -0.05) is 24.3 Å². The van der Waals surface area contributed by atoms with Gasteiger partial charge in [0.15, 0.2) is 0 Å². The Balaban J connectivity index is 1.34. The number of rotatable bonds is 2. The Morgan fingerprint density at radius 2 is 1.76 bits per heavy atom. The highest BCUT2D eigenvalue weighted by Gasteiger charge is 2.31. The Morgan fingerprint density at radius 1 is 0.952 bits per heavy atom. The van der Waals surface area contributed by atoms with Gasteiger partial charge < -0.3 is 10.2 Å². The van der Waals surface area contributed by atoms with Crippen molar-refractivity contribution in [1.29, 1.82) is 0 Å². The van der Waals surface area contributed by atoms with Crippen LogP contribution in [0.1, 0.15) is 43.2 Å². The van der Waals surface area contributed by atoms with Crippen molar-refractivity contribution in [2.24, 2.45) is 5.92 Å². The first kappa shape index (κ1) is 13.8. The fourth-order valence-electron chi connectivity index (χ4n) is 4.79. The number of piperidine rings is 1. The van der Waals surface area contributed by atoms with Crippen molar-refractivity contribution in [1.82, 2.24) is 10.2 Å². The molecule has 2 heterocycles. The van der Waals surface area contributed by atoms with E-state index in [0.29, 0.717) is 0 Å². The molecule has 4 rings (SSSR count). The van der Waals surface area contributed by atoms with Gasteiger partial charge in [-0.3, -0.25) is 0 Å². The quantitative estimate of drug-likeness (QED) is 0.898. The topological polar surface area (TPSA) is 15.3 Å². The lowest BCUT2D eigenvalue weighted by molar-refractivity contribution is 0.110. The fraction of sp³-hybridized carbons (Fsp3) is 0.684. The van der Waals surface area contributed by atoms with Gasteiger partial charge in [0, 0.05) is 12.1 Å². The largest absolute Gasteiger partial charge is 0.314 e. The lowest BCUT2D eigenvalue weighted by Crippen LogP contribution is -2.46. The van der Waals surface area contributed by atoms with Crippen LogP contribution in [0, 0.1) is 5.92 Å². The van der Waals surface area contributed by atoms with E-state index in [1.807, 2.05) is 0 Å². The van der Waals surface area contributed by atoms with Gasteiger partial charge >= 0.3 is 0 Å². The minimum absolute atomic E-state index is 0.803. The predicted octanol–water partition coefficient (Wildman–Crippen LogP) is 3.01. The summed E-state index contributed by atoms with van der Waals surface area (Å²) in [5.41, 5.74) is 3.20. The number of fused-ring (bicyclic) bond motifs is 1. The average molecular weight is 284 g/mol. The van der Waals surface area contributed by atoms with E-state index in [-0.39, 0.29) is 0 Å². The van der Waals surface area contributed by atoms with Gasteiger partial charge in [-0.05, 0) is 81.6 Å². The smallest absolute Gasteiger partial charge is 0.0139 e. The van der Waals surface area contributed by atoms with E-state index in [2.05, 4.69) is 34.5 Å². The molecule has 2 heteroatoms. The number of benzene rings is 1. The van der Waals surface area contributed by atoms with Gasteiger partial charge in [-0.2, -0.15) is 0 Å². The summed E-state index contributed by atoms with van der Waals surface area (Å²) in [5, 5.41) is 3.72. The van der Waals surface area contributed by atoms with E-state index in [4.69, 9.17) is 0 Å². The number of aryl methyl sites for hydroxylation is 1. The monoisotopic (exact) mass is 284 g/mol. The Kier molecular flexibility index (Phi) is 4.00. The highest BCUT2D eigenvalue weighted by Crippen LogP contribution is 2.30. The first-order valence-electron chi connectivity index (χ1n) is 8.94. The summed E-state index contributed by atoms with van der Waals surface area (Å²) in [7, 11) is 0. The Labute approximate surface area is 128 Å². The summed E-state index contributed by atoms with van der Waals surface area (Å²) in [6, 6.07) is 10.7. The van der Waals surface area contributed by atoms with Gasteiger partial charge in [-0.15, -0.1) is 0 Å². The third-order valence-corrected chi connectivity index (χ3v) is 6.08. The van der Waals surface area contributed by atoms with E-state index < -0.39 is 0 Å². The van der Waals surface area contributed by atoms with E-state index in [1.165, 1.54) is 64.6 Å². The molecule has 0 amide bonds. The van der Waals surface area contributed by atoms with Gasteiger partial charge in [-0.25, -0.2) is 0 Å². The van der Waals surface area contributed by atoms with Crippen LogP contribution in [0.5, 0.6) is 0 Å². The molecule has 2 saturated heterocycles. The molecule has 3 aliphatic rings. The second-order valence-electron chi connectivity index (χ2n) is 7.24. The van der Waals surface area contributed by atoms with Crippen molar-refractivity contribution in [3.05, 3.63) is 35.4 Å². The standard InChI is InChI=1S/C19H28N2/c1-2-5-17-14-18(8-7-15(17)4-1)21-12-9-16(10-13-21)19-6-3-11-20-19/h1-2,4-5,16,18-20H,3,6-14H2. The first-order valence-corrected chi connectivity index (χ1v) is 8.94. The summed E-state index contributed by atoms with van der Waals surface area (Å²) in [6.07, 6.45) is 9.56. The molecule has 1 aromatic rings. The molecular weight excluding hydrogens is 256 g/mol. The maximum absolute atomic E-state index is 3.72. The van der Waals surface area contributed by atoms with Crippen molar-refractivity contribution in [3.8, 4) is 0 Å². The Hall–Kier alpha value is -0.860. The third-order valence-electron chi connectivity index (χ3n) is 6.08. The molecule has 0 bridgehead atoms. The number of hydrogen-bond acceptors (Lipinski definition) is 2. The van der Waals surface area contributed by atoms with Crippen LogP contribution in [0.2, 0.25) is 0 Å². The minimum Gasteiger partial charge on any atom is -0.314 e. The molecule has 2 unspecified atom stereocenters. The summed E-state index contributed by atoms with van der Waals surface area (Å²) in [5.74, 6) is 0.944. The fourth-order valence-corrected chi connectivity index (χ4v) is 4.79. The molecule has 21 heavy (non-hydrogen) atoms. The summed E-state index contributed by atoms with van der Waals surface area (Å²) < 4.78 is 0. The number of likely N-dealkylation sites (tertiary alicyclic amines) is 1. The maximum Gasteiger partial charge on any atom is 0.0139 e. The van der Waals surface area contributed by atoms with Gasteiger partial charge in [0.1, 0.15) is 0 Å². The summed E-state index contributed by atoms with van der Waals surface area (Å²) >= 11 is 0. The molecule has 114 valence electrons. The predicted molar refractivity (Wildman–Crippen MR) is 87.6 cm³/mol. The molecule has 1 N–H and O–H groups in total. The Morgan fingerprint density at radius 3 is 2.52 bits per heavy atom. The highest BCUT2D eigenvalue weighted by atomic mass is 15.2. The zero-order chi connectivity index (χ0) is 14.1. The lowest BCUT2D eigenvalue weighted by atomic mass is 9.84. The van der Waals surface area contributed by atoms with Gasteiger partial charge in [0.25, 0.3) is 0 Å². The molecule has 0 saturated carbocycles. The zero-order valence-electron chi connectivity index (χ0n) is 13.1. The SMILES string of the molecule is c1ccc2c(c1)CCC(N1CCC(C3CCCN3)CC1)C2. The average Bonchev–Trinajstić information content (AvgIpc) is 3.09. The van der Waals surface area contributed by atoms with E-state index >= 15 is 0 Å². The van der Waals surface area contributed by atoms with Crippen molar-refractivity contribution in [2.45, 2.75) is 57.0 Å². The highest BCUT2D eigenvalue weighted by molar-refractivity contribution is 5.30. The number of hydrogen-bond donors (Lipinski definition) is 1. The molecule has 2 nitrogen and oxygen atoms in total. The maximum atomic E-state index is 3.72. The van der Waals surface area contributed by atoms with Crippen LogP contribution in [0.4, 0.5) is 0 Å². The molecule has 2 atom stereocenters. The van der Waals surface area contributed by atoms with Crippen molar-refractivity contribution in [2.75, 3.05) is 19.6 Å². The van der Waals surface area contributed by atoms with E-state index in [0.717, 1.165) is 18.0 Å². The van der Waals surface area contributed by atoms with Crippen LogP contribution in [-0.4, -0.2) is 36.6 Å². The molecule has 2 aliphatic heterocycles. The second kappa shape index (κ2) is 6.10. The minimum atomic E-state index is 0.803. The third kappa shape index (κ3) is 2.89. The van der Waals surface area contributed by atoms with Gasteiger partial charge in [0.05, 0.1) is 0 Å². The molecule has 0 spiro atoms. The van der Waals surface area contributed by atoms with E-state index in [9.17, 15) is 0 Å². The van der Waals surface area contributed by atoms with Gasteiger partial charge in [0.2, 0.25) is 0 Å². The van der Waals surface area contributed by atoms with Crippen LogP contribution in [0.15, 0.2) is 24.3 Å². The zero-order valence-corrected chi connectivity index (χ0v) is 13.1. The summed E-state index contributed by atoms with van der Waals surface area (Å²) in [4.78, 5) is 2.79. The normalized spacial score (nSPS) is 31.2.